The molecular weight excluding hydrogens is 503 g/mol. The standard InChI is InChI=1S/C23H14Cl2N2O4S2/c24-16-7-6-15(20(25)11-16)13-31-19-8-4-14(5-9-19)10-21-22(28)26(23(32)33-21)17-2-1-3-18(12-17)27(29)30/h1-12H,13H2/b21-10+. The summed E-state index contributed by atoms with van der Waals surface area (Å²) in [5.41, 5.74) is 1.85. The molecule has 0 unspecified atom stereocenters. The van der Waals surface area contributed by atoms with Gasteiger partial charge in [0.1, 0.15) is 12.4 Å². The van der Waals surface area contributed by atoms with Gasteiger partial charge in [-0.25, -0.2) is 0 Å². The molecule has 0 spiro atoms. The molecule has 33 heavy (non-hydrogen) atoms. The van der Waals surface area contributed by atoms with E-state index in [0.29, 0.717) is 30.7 Å². The van der Waals surface area contributed by atoms with E-state index in [4.69, 9.17) is 40.2 Å². The van der Waals surface area contributed by atoms with E-state index in [1.54, 1.807) is 36.4 Å². The van der Waals surface area contributed by atoms with Gasteiger partial charge in [0.25, 0.3) is 11.6 Å². The molecule has 0 bridgehead atoms. The molecule has 6 nitrogen and oxygen atoms in total. The molecule has 0 radical (unpaired) electrons. The molecule has 166 valence electrons. The molecule has 1 saturated heterocycles. The SMILES string of the molecule is O=C1/C(=C\c2ccc(OCc3ccc(Cl)cc3Cl)cc2)SC(=S)N1c1cccc([N+](=O)[O-])c1. The van der Waals surface area contributed by atoms with E-state index >= 15 is 0 Å². The third-order valence-electron chi connectivity index (χ3n) is 4.68. The molecule has 0 aromatic heterocycles. The molecule has 1 aliphatic heterocycles. The van der Waals surface area contributed by atoms with Crippen LogP contribution in [0, 0.1) is 10.1 Å². The number of thioether (sulfide) groups is 1. The highest BCUT2D eigenvalue weighted by Gasteiger charge is 2.33. The lowest BCUT2D eigenvalue weighted by Crippen LogP contribution is -2.27. The molecular formula is C23H14Cl2N2O4S2. The smallest absolute Gasteiger partial charge is 0.271 e. The quantitative estimate of drug-likeness (QED) is 0.154. The topological polar surface area (TPSA) is 72.7 Å². The van der Waals surface area contributed by atoms with Gasteiger partial charge in [0.15, 0.2) is 4.32 Å². The van der Waals surface area contributed by atoms with E-state index in [9.17, 15) is 14.9 Å². The Bertz CT molecular complexity index is 1300. The van der Waals surface area contributed by atoms with Gasteiger partial charge in [-0.05, 0) is 42.0 Å². The predicted octanol–water partition coefficient (Wildman–Crippen LogP) is 6.89. The number of benzene rings is 3. The van der Waals surface area contributed by atoms with Gasteiger partial charge in [0.2, 0.25) is 0 Å². The Kier molecular flexibility index (Phi) is 6.99. The monoisotopic (exact) mass is 516 g/mol. The van der Waals surface area contributed by atoms with E-state index in [0.717, 1.165) is 22.9 Å². The van der Waals surface area contributed by atoms with Crippen molar-refractivity contribution < 1.29 is 14.5 Å². The van der Waals surface area contributed by atoms with E-state index in [1.165, 1.54) is 23.1 Å². The number of hydrogen-bond donors (Lipinski definition) is 0. The highest BCUT2D eigenvalue weighted by molar-refractivity contribution is 8.27. The van der Waals surface area contributed by atoms with Gasteiger partial charge in [-0.15, -0.1) is 0 Å². The molecule has 1 fully saturated rings. The number of nitro groups is 1. The van der Waals surface area contributed by atoms with Crippen LogP contribution in [0.15, 0.2) is 71.6 Å². The molecule has 1 amide bonds. The predicted molar refractivity (Wildman–Crippen MR) is 136 cm³/mol. The number of halogens is 2. The summed E-state index contributed by atoms with van der Waals surface area (Å²) in [5, 5.41) is 12.1. The molecule has 1 aliphatic rings. The van der Waals surface area contributed by atoms with Gasteiger partial charge in [0.05, 0.1) is 15.5 Å². The number of rotatable bonds is 6. The Hall–Kier alpha value is -2.91. The number of carbonyl (C=O) groups is 1. The first kappa shape index (κ1) is 23.3. The van der Waals surface area contributed by atoms with Crippen LogP contribution in [0.1, 0.15) is 11.1 Å². The van der Waals surface area contributed by atoms with Crippen molar-refractivity contribution in [3.63, 3.8) is 0 Å². The Labute approximate surface area is 208 Å². The number of nitrogens with zero attached hydrogens (tertiary/aromatic N) is 2. The van der Waals surface area contributed by atoms with Crippen LogP contribution in [-0.2, 0) is 11.4 Å². The second kappa shape index (κ2) is 9.93. The first-order valence-electron chi connectivity index (χ1n) is 9.51. The summed E-state index contributed by atoms with van der Waals surface area (Å²) in [7, 11) is 0. The number of hydrogen-bond acceptors (Lipinski definition) is 6. The fourth-order valence-corrected chi connectivity index (χ4v) is 4.81. The van der Waals surface area contributed by atoms with Crippen LogP contribution in [0.5, 0.6) is 5.75 Å². The Morgan fingerprint density at radius 3 is 2.55 bits per heavy atom. The number of ether oxygens (including phenoxy) is 1. The normalized spacial score (nSPS) is 14.7. The largest absolute Gasteiger partial charge is 0.489 e. The average molecular weight is 517 g/mol. The molecule has 0 saturated carbocycles. The van der Waals surface area contributed by atoms with E-state index < -0.39 is 4.92 Å². The number of nitro benzene ring substituents is 1. The molecule has 10 heteroatoms. The van der Waals surface area contributed by atoms with Gasteiger partial charge in [-0.3, -0.25) is 19.8 Å². The molecule has 1 heterocycles. The minimum Gasteiger partial charge on any atom is -0.489 e. The number of carbonyl (C=O) groups excluding carboxylic acids is 1. The minimum atomic E-state index is -0.512. The van der Waals surface area contributed by atoms with Crippen molar-refractivity contribution in [3.8, 4) is 5.75 Å². The van der Waals surface area contributed by atoms with Crippen molar-refractivity contribution in [3.05, 3.63) is 103 Å². The minimum absolute atomic E-state index is 0.110. The lowest BCUT2D eigenvalue weighted by molar-refractivity contribution is -0.384. The Balaban J connectivity index is 1.46. The maximum absolute atomic E-state index is 12.9. The molecule has 0 N–H and O–H groups in total. The zero-order valence-electron chi connectivity index (χ0n) is 16.7. The highest BCUT2D eigenvalue weighted by Crippen LogP contribution is 2.37. The second-order valence-electron chi connectivity index (χ2n) is 6.89. The van der Waals surface area contributed by atoms with Gasteiger partial charge < -0.3 is 4.74 Å². The summed E-state index contributed by atoms with van der Waals surface area (Å²) in [6, 6.07) is 18.3. The third kappa shape index (κ3) is 5.36. The van der Waals surface area contributed by atoms with Crippen molar-refractivity contribution in [1.29, 1.82) is 0 Å². The van der Waals surface area contributed by atoms with Crippen molar-refractivity contribution in [2.75, 3.05) is 4.90 Å². The van der Waals surface area contributed by atoms with Crippen LogP contribution in [0.3, 0.4) is 0 Å². The highest BCUT2D eigenvalue weighted by atomic mass is 35.5. The summed E-state index contributed by atoms with van der Waals surface area (Å²) in [4.78, 5) is 25.2. The lowest BCUT2D eigenvalue weighted by Gasteiger charge is -2.13. The van der Waals surface area contributed by atoms with E-state index in [1.807, 2.05) is 18.2 Å². The average Bonchev–Trinajstić information content (AvgIpc) is 3.07. The fourth-order valence-electron chi connectivity index (χ4n) is 3.05. The summed E-state index contributed by atoms with van der Waals surface area (Å²) in [5.74, 6) is 0.311. The van der Waals surface area contributed by atoms with Crippen molar-refractivity contribution in [2.24, 2.45) is 0 Å². The van der Waals surface area contributed by atoms with Crippen molar-refractivity contribution in [2.45, 2.75) is 6.61 Å². The molecule has 0 aliphatic carbocycles. The third-order valence-corrected chi connectivity index (χ3v) is 6.57. The number of amides is 1. The van der Waals surface area contributed by atoms with Gasteiger partial charge in [0, 0.05) is 27.7 Å². The summed E-state index contributed by atoms with van der Waals surface area (Å²) in [6.07, 6.45) is 1.72. The maximum atomic E-state index is 12.9. The summed E-state index contributed by atoms with van der Waals surface area (Å²) >= 11 is 18.6. The van der Waals surface area contributed by atoms with Crippen molar-refractivity contribution >= 4 is 74.9 Å². The van der Waals surface area contributed by atoms with Crippen LogP contribution >= 0.6 is 47.2 Å². The van der Waals surface area contributed by atoms with E-state index in [2.05, 4.69) is 0 Å². The van der Waals surface area contributed by atoms with E-state index in [-0.39, 0.29) is 18.2 Å². The number of anilines is 1. The number of non-ortho nitro benzene ring substituents is 1. The Morgan fingerprint density at radius 1 is 1.09 bits per heavy atom. The first-order valence-corrected chi connectivity index (χ1v) is 11.5. The Morgan fingerprint density at radius 2 is 1.85 bits per heavy atom. The first-order chi connectivity index (χ1) is 15.8. The summed E-state index contributed by atoms with van der Waals surface area (Å²) in [6.45, 7) is 0.289. The lowest BCUT2D eigenvalue weighted by atomic mass is 10.2. The molecule has 3 aromatic carbocycles. The molecule has 0 atom stereocenters. The van der Waals surface area contributed by atoms with Crippen LogP contribution in [0.4, 0.5) is 11.4 Å². The van der Waals surface area contributed by atoms with Gasteiger partial charge >= 0.3 is 0 Å². The fraction of sp³-hybridized carbons (Fsp3) is 0.0435. The van der Waals surface area contributed by atoms with Crippen LogP contribution < -0.4 is 9.64 Å². The van der Waals surface area contributed by atoms with Gasteiger partial charge in [-0.2, -0.15) is 0 Å². The zero-order valence-corrected chi connectivity index (χ0v) is 19.9. The van der Waals surface area contributed by atoms with Gasteiger partial charge in [-0.1, -0.05) is 71.4 Å². The summed E-state index contributed by atoms with van der Waals surface area (Å²) < 4.78 is 6.09. The van der Waals surface area contributed by atoms with Crippen LogP contribution in [0.2, 0.25) is 10.0 Å². The zero-order chi connectivity index (χ0) is 23.5. The van der Waals surface area contributed by atoms with Crippen LogP contribution in [0.25, 0.3) is 6.08 Å². The number of thiocarbonyl (C=S) groups is 1. The van der Waals surface area contributed by atoms with Crippen LogP contribution in [-0.4, -0.2) is 15.2 Å². The molecule has 4 rings (SSSR count). The molecule has 3 aromatic rings. The van der Waals surface area contributed by atoms with Crippen molar-refractivity contribution in [1.82, 2.24) is 0 Å². The maximum Gasteiger partial charge on any atom is 0.271 e. The second-order valence-corrected chi connectivity index (χ2v) is 9.41.